The van der Waals surface area contributed by atoms with Crippen molar-refractivity contribution < 1.29 is 22.7 Å². The van der Waals surface area contributed by atoms with Gasteiger partial charge in [-0.3, -0.25) is 24.4 Å². The molecular formula is C26H19N5O6S3. The van der Waals surface area contributed by atoms with E-state index in [0.717, 1.165) is 10.2 Å². The van der Waals surface area contributed by atoms with Crippen molar-refractivity contribution in [3.8, 4) is 0 Å². The van der Waals surface area contributed by atoms with E-state index in [-0.39, 0.29) is 28.7 Å². The first kappa shape index (κ1) is 26.1. The third-order valence-corrected chi connectivity index (χ3v) is 9.60. The first-order valence-electron chi connectivity index (χ1n) is 11.8. The van der Waals surface area contributed by atoms with Crippen molar-refractivity contribution in [2.45, 2.75) is 16.3 Å². The van der Waals surface area contributed by atoms with E-state index in [0.29, 0.717) is 22.1 Å². The molecular weight excluding hydrogens is 575 g/mol. The number of thioether (sulfide) groups is 1. The van der Waals surface area contributed by atoms with E-state index >= 15 is 0 Å². The summed E-state index contributed by atoms with van der Waals surface area (Å²) in [6, 6.07) is 19.4. The largest absolute Gasteiger partial charge is 0.294 e. The number of para-hydroxylation sites is 1. The molecule has 40 heavy (non-hydrogen) atoms. The average molecular weight is 594 g/mol. The molecule has 0 radical (unpaired) electrons. The molecule has 1 amide bonds. The highest BCUT2D eigenvalue weighted by Crippen LogP contribution is 2.51. The fraction of sp³-hybridized carbons (Fsp3) is 0.115. The molecule has 2 aliphatic heterocycles. The highest BCUT2D eigenvalue weighted by molar-refractivity contribution is 8.02. The standard InChI is InChI=1S/C26H19N5O6S3/c32-24-16-38-26(29(24)25-27-22-9-1-2-10-23(22)39-25)15-18(12-11-17-5-3-7-20(13-17)31(33)34)28-30(26)19-6-4-8-21(14-19)40(35,36)37/h1-14H,15-16H2,(H,35,36,37). The highest BCUT2D eigenvalue weighted by atomic mass is 32.2. The van der Waals surface area contributed by atoms with Gasteiger partial charge in [0.15, 0.2) is 10.1 Å². The normalized spacial score (nSPS) is 19.3. The zero-order valence-electron chi connectivity index (χ0n) is 20.4. The minimum atomic E-state index is -4.50. The van der Waals surface area contributed by atoms with Crippen LogP contribution >= 0.6 is 23.1 Å². The van der Waals surface area contributed by atoms with E-state index in [9.17, 15) is 27.9 Å². The third-order valence-electron chi connectivity index (χ3n) is 6.38. The van der Waals surface area contributed by atoms with Crippen LogP contribution in [0.25, 0.3) is 16.3 Å². The van der Waals surface area contributed by atoms with Gasteiger partial charge in [0.2, 0.25) is 5.91 Å². The number of hydrogen-bond acceptors (Lipinski definition) is 10. The number of benzene rings is 3. The summed E-state index contributed by atoms with van der Waals surface area (Å²) in [5.41, 5.74) is 2.19. The maximum atomic E-state index is 13.4. The van der Waals surface area contributed by atoms with E-state index in [1.54, 1.807) is 40.3 Å². The molecule has 6 rings (SSSR count). The van der Waals surface area contributed by atoms with Gasteiger partial charge in [-0.15, -0.1) is 0 Å². The Bertz CT molecular complexity index is 1820. The van der Waals surface area contributed by atoms with E-state index < -0.39 is 20.0 Å². The number of hydrazone groups is 1. The van der Waals surface area contributed by atoms with Crippen LogP contribution in [0.4, 0.5) is 16.5 Å². The number of hydrogen-bond donors (Lipinski definition) is 1. The predicted molar refractivity (Wildman–Crippen MR) is 155 cm³/mol. The molecule has 1 spiro atoms. The van der Waals surface area contributed by atoms with Gasteiger partial charge in [0.25, 0.3) is 15.8 Å². The highest BCUT2D eigenvalue weighted by Gasteiger charge is 2.56. The Morgan fingerprint density at radius 3 is 2.62 bits per heavy atom. The van der Waals surface area contributed by atoms with Gasteiger partial charge in [0.1, 0.15) is 0 Å². The molecule has 3 aromatic carbocycles. The Balaban J connectivity index is 1.46. The first-order valence-corrected chi connectivity index (χ1v) is 15.1. The van der Waals surface area contributed by atoms with Gasteiger partial charge < -0.3 is 0 Å². The summed E-state index contributed by atoms with van der Waals surface area (Å²) in [7, 11) is -4.50. The lowest BCUT2D eigenvalue weighted by Crippen LogP contribution is -2.53. The van der Waals surface area contributed by atoms with Crippen LogP contribution in [0, 0.1) is 10.1 Å². The van der Waals surface area contributed by atoms with Crippen LogP contribution in [0.1, 0.15) is 12.0 Å². The minimum absolute atomic E-state index is 0.0467. The number of allylic oxidation sites excluding steroid dienone is 1. The Labute approximate surface area is 236 Å². The molecule has 1 N–H and O–H groups in total. The number of rotatable bonds is 6. The zero-order chi connectivity index (χ0) is 28.1. The summed E-state index contributed by atoms with van der Waals surface area (Å²) in [5.74, 6) is -0.0407. The summed E-state index contributed by atoms with van der Waals surface area (Å²) >= 11 is 2.71. The Hall–Kier alpha value is -4.11. The van der Waals surface area contributed by atoms with E-state index in [4.69, 9.17) is 10.1 Å². The van der Waals surface area contributed by atoms with Crippen molar-refractivity contribution in [1.29, 1.82) is 0 Å². The summed E-state index contributed by atoms with van der Waals surface area (Å²) in [4.78, 5) is 29.0. The zero-order valence-corrected chi connectivity index (χ0v) is 22.9. The lowest BCUT2D eigenvalue weighted by Gasteiger charge is -2.39. The lowest BCUT2D eigenvalue weighted by atomic mass is 10.1. The molecule has 1 saturated heterocycles. The number of carbonyl (C=O) groups is 1. The van der Waals surface area contributed by atoms with Crippen LogP contribution in [-0.4, -0.2) is 45.2 Å². The molecule has 202 valence electrons. The van der Waals surface area contributed by atoms with Crippen molar-refractivity contribution >= 4 is 77.6 Å². The monoisotopic (exact) mass is 593 g/mol. The second kappa shape index (κ2) is 9.82. The van der Waals surface area contributed by atoms with Crippen molar-refractivity contribution in [3.63, 3.8) is 0 Å². The molecule has 4 aromatic rings. The quantitative estimate of drug-likeness (QED) is 0.182. The SMILES string of the molecule is O=C1CSC2(CC(C=Cc3cccc([N+](=O)[O-])c3)=NN2c2cccc(S(=O)(=O)O)c2)N1c1nc2ccccc2s1. The van der Waals surface area contributed by atoms with Crippen LogP contribution in [-0.2, 0) is 14.9 Å². The van der Waals surface area contributed by atoms with Crippen molar-refractivity contribution in [2.24, 2.45) is 5.10 Å². The molecule has 1 unspecified atom stereocenters. The van der Waals surface area contributed by atoms with Crippen LogP contribution < -0.4 is 9.91 Å². The topological polar surface area (TPSA) is 146 Å². The van der Waals surface area contributed by atoms with Gasteiger partial charge in [0.05, 0.1) is 37.2 Å². The molecule has 0 aliphatic carbocycles. The molecule has 1 fully saturated rings. The molecule has 2 aliphatic rings. The summed E-state index contributed by atoms with van der Waals surface area (Å²) in [6.45, 7) is 0. The lowest BCUT2D eigenvalue weighted by molar-refractivity contribution is -0.384. The number of nitrogens with zero attached hydrogens (tertiary/aromatic N) is 5. The summed E-state index contributed by atoms with van der Waals surface area (Å²) in [5, 5.41) is 18.0. The maximum Gasteiger partial charge on any atom is 0.294 e. The Morgan fingerprint density at radius 1 is 1.05 bits per heavy atom. The molecule has 1 aromatic heterocycles. The summed E-state index contributed by atoms with van der Waals surface area (Å²) in [6.07, 6.45) is 3.66. The fourth-order valence-electron chi connectivity index (χ4n) is 4.61. The summed E-state index contributed by atoms with van der Waals surface area (Å²) < 4.78 is 34.4. The number of amides is 1. The van der Waals surface area contributed by atoms with Crippen LogP contribution in [0.2, 0.25) is 0 Å². The number of nitro groups is 1. The third kappa shape index (κ3) is 4.64. The Kier molecular flexibility index (Phi) is 6.41. The molecule has 14 heteroatoms. The molecule has 11 nitrogen and oxygen atoms in total. The van der Waals surface area contributed by atoms with Gasteiger partial charge in [0, 0.05) is 18.6 Å². The van der Waals surface area contributed by atoms with E-state index in [2.05, 4.69) is 0 Å². The number of thiazole rings is 1. The van der Waals surface area contributed by atoms with E-state index in [1.165, 1.54) is 53.4 Å². The maximum absolute atomic E-state index is 13.4. The van der Waals surface area contributed by atoms with E-state index in [1.807, 2.05) is 24.3 Å². The molecule has 3 heterocycles. The second-order valence-electron chi connectivity index (χ2n) is 8.96. The van der Waals surface area contributed by atoms with Crippen LogP contribution in [0.15, 0.2) is 88.9 Å². The smallest absolute Gasteiger partial charge is 0.282 e. The minimum Gasteiger partial charge on any atom is -0.282 e. The number of anilines is 2. The van der Waals surface area contributed by atoms with Crippen LogP contribution in [0.5, 0.6) is 0 Å². The number of aromatic nitrogens is 1. The number of non-ortho nitro benzene ring substituents is 1. The van der Waals surface area contributed by atoms with Gasteiger partial charge in [-0.05, 0) is 42.0 Å². The average Bonchev–Trinajstić information content (AvgIpc) is 3.62. The first-order chi connectivity index (χ1) is 19.1. The van der Waals surface area contributed by atoms with Gasteiger partial charge in [-0.2, -0.15) is 13.5 Å². The number of fused-ring (bicyclic) bond motifs is 1. The van der Waals surface area contributed by atoms with Gasteiger partial charge in [-0.25, -0.2) is 9.99 Å². The number of carbonyl (C=O) groups excluding carboxylic acids is 1. The van der Waals surface area contributed by atoms with Crippen molar-refractivity contribution in [1.82, 2.24) is 4.98 Å². The van der Waals surface area contributed by atoms with Crippen LogP contribution in [0.3, 0.4) is 0 Å². The van der Waals surface area contributed by atoms with Crippen molar-refractivity contribution in [3.05, 3.63) is 94.6 Å². The molecule has 1 atom stereocenters. The number of nitro benzene ring substituents is 1. The van der Waals surface area contributed by atoms with Gasteiger partial charge >= 0.3 is 0 Å². The molecule has 0 bridgehead atoms. The molecule has 0 saturated carbocycles. The predicted octanol–water partition coefficient (Wildman–Crippen LogP) is 5.16. The second-order valence-corrected chi connectivity index (χ2v) is 12.6. The van der Waals surface area contributed by atoms with Crippen molar-refractivity contribution in [2.75, 3.05) is 15.7 Å². The van der Waals surface area contributed by atoms with Gasteiger partial charge in [-0.1, -0.05) is 59.5 Å². The fourth-order valence-corrected chi connectivity index (χ4v) is 7.56. The Morgan fingerprint density at radius 2 is 1.85 bits per heavy atom.